The Morgan fingerprint density at radius 2 is 1.83 bits per heavy atom. The van der Waals surface area contributed by atoms with E-state index < -0.39 is 11.6 Å². The number of rotatable bonds is 1. The van der Waals surface area contributed by atoms with Gasteiger partial charge in [-0.3, -0.25) is 0 Å². The molecule has 0 amide bonds. The third-order valence-electron chi connectivity index (χ3n) is 2.50. The maximum atomic E-state index is 13.7. The molecule has 0 aliphatic carbocycles. The van der Waals surface area contributed by atoms with Gasteiger partial charge in [0.15, 0.2) is 5.65 Å². The quantitative estimate of drug-likeness (QED) is 0.688. The molecular formula is C11H7F2N5. The lowest BCUT2D eigenvalue weighted by Gasteiger charge is -2.05. The summed E-state index contributed by atoms with van der Waals surface area (Å²) in [5.41, 5.74) is 5.92. The number of aromatic amines is 1. The summed E-state index contributed by atoms with van der Waals surface area (Å²) in [6, 6.07) is 3.58. The number of hydrogen-bond acceptors (Lipinski definition) is 4. The van der Waals surface area contributed by atoms with Crippen LogP contribution >= 0.6 is 0 Å². The Hall–Kier alpha value is -2.57. The fourth-order valence-electron chi connectivity index (χ4n) is 1.75. The molecule has 0 saturated heterocycles. The third kappa shape index (κ3) is 1.48. The Bertz CT molecular complexity index is 717. The van der Waals surface area contributed by atoms with Gasteiger partial charge in [-0.05, 0) is 12.1 Å². The van der Waals surface area contributed by atoms with Gasteiger partial charge in [0, 0.05) is 0 Å². The van der Waals surface area contributed by atoms with Crippen LogP contribution in [0, 0.1) is 11.6 Å². The number of nitrogens with two attached hydrogens (primary N) is 1. The lowest BCUT2D eigenvalue weighted by molar-refractivity contribution is 0.589. The Kier molecular flexibility index (Phi) is 2.19. The number of fused-ring (bicyclic) bond motifs is 1. The number of nitrogens with one attached hydrogen (secondary N) is 1. The predicted octanol–water partition coefficient (Wildman–Crippen LogP) is 1.88. The number of anilines is 1. The van der Waals surface area contributed by atoms with Gasteiger partial charge >= 0.3 is 0 Å². The van der Waals surface area contributed by atoms with Crippen LogP contribution in [0.1, 0.15) is 0 Å². The minimum absolute atomic E-state index is 0.0607. The van der Waals surface area contributed by atoms with Crippen molar-refractivity contribution in [3.8, 4) is 11.3 Å². The van der Waals surface area contributed by atoms with E-state index in [-0.39, 0.29) is 22.9 Å². The molecule has 7 heteroatoms. The first-order valence-corrected chi connectivity index (χ1v) is 5.08. The van der Waals surface area contributed by atoms with Crippen LogP contribution < -0.4 is 5.73 Å². The van der Waals surface area contributed by atoms with Crippen molar-refractivity contribution in [2.75, 3.05) is 5.73 Å². The number of hydrogen-bond donors (Lipinski definition) is 2. The zero-order valence-corrected chi connectivity index (χ0v) is 8.98. The highest BCUT2D eigenvalue weighted by Crippen LogP contribution is 2.29. The van der Waals surface area contributed by atoms with Gasteiger partial charge in [0.2, 0.25) is 5.95 Å². The van der Waals surface area contributed by atoms with E-state index >= 15 is 0 Å². The van der Waals surface area contributed by atoms with Gasteiger partial charge in [-0.2, -0.15) is 4.98 Å². The second-order valence-corrected chi connectivity index (χ2v) is 3.63. The van der Waals surface area contributed by atoms with E-state index in [1.807, 2.05) is 0 Å². The summed E-state index contributed by atoms with van der Waals surface area (Å²) in [6.45, 7) is 0. The van der Waals surface area contributed by atoms with Crippen LogP contribution in [0.25, 0.3) is 22.4 Å². The van der Waals surface area contributed by atoms with Crippen LogP contribution in [-0.4, -0.2) is 19.9 Å². The molecular weight excluding hydrogens is 240 g/mol. The van der Waals surface area contributed by atoms with E-state index in [2.05, 4.69) is 19.9 Å². The summed E-state index contributed by atoms with van der Waals surface area (Å²) in [7, 11) is 0. The molecule has 0 bridgehead atoms. The van der Waals surface area contributed by atoms with Gasteiger partial charge < -0.3 is 10.7 Å². The maximum Gasteiger partial charge on any atom is 0.222 e. The van der Waals surface area contributed by atoms with Crippen molar-refractivity contribution < 1.29 is 8.78 Å². The molecule has 0 atom stereocenters. The highest BCUT2D eigenvalue weighted by molar-refractivity contribution is 5.88. The van der Waals surface area contributed by atoms with Gasteiger partial charge in [-0.25, -0.2) is 18.7 Å². The third-order valence-corrected chi connectivity index (χ3v) is 2.50. The number of benzene rings is 1. The van der Waals surface area contributed by atoms with Crippen molar-refractivity contribution in [3.63, 3.8) is 0 Å². The highest BCUT2D eigenvalue weighted by Gasteiger charge is 2.17. The van der Waals surface area contributed by atoms with Crippen molar-refractivity contribution in [1.82, 2.24) is 19.9 Å². The molecule has 0 unspecified atom stereocenters. The fraction of sp³-hybridized carbons (Fsp3) is 0. The summed E-state index contributed by atoms with van der Waals surface area (Å²) < 4.78 is 27.5. The lowest BCUT2D eigenvalue weighted by atomic mass is 10.1. The molecule has 3 aromatic rings. The number of halogens is 2. The SMILES string of the molecule is Nc1nc(-c2c(F)cccc2F)c2[nH]cnc2n1. The molecule has 18 heavy (non-hydrogen) atoms. The molecule has 5 nitrogen and oxygen atoms in total. The average Bonchev–Trinajstić information content (AvgIpc) is 2.76. The summed E-state index contributed by atoms with van der Waals surface area (Å²) in [5, 5.41) is 0. The molecule has 0 saturated carbocycles. The first kappa shape index (κ1) is 10.6. The molecule has 1 aromatic carbocycles. The van der Waals surface area contributed by atoms with Crippen LogP contribution in [-0.2, 0) is 0 Å². The largest absolute Gasteiger partial charge is 0.368 e. The molecule has 3 N–H and O–H groups in total. The van der Waals surface area contributed by atoms with Crippen molar-refractivity contribution in [2.24, 2.45) is 0 Å². The maximum absolute atomic E-state index is 13.7. The lowest BCUT2D eigenvalue weighted by Crippen LogP contribution is -2.00. The minimum atomic E-state index is -0.719. The van der Waals surface area contributed by atoms with E-state index in [1.165, 1.54) is 12.4 Å². The Morgan fingerprint density at radius 3 is 2.56 bits per heavy atom. The van der Waals surface area contributed by atoms with Gasteiger partial charge in [-0.1, -0.05) is 6.07 Å². The zero-order chi connectivity index (χ0) is 12.7. The normalized spacial score (nSPS) is 11.0. The topological polar surface area (TPSA) is 80.5 Å². The van der Waals surface area contributed by atoms with Crippen molar-refractivity contribution >= 4 is 17.1 Å². The molecule has 3 rings (SSSR count). The smallest absolute Gasteiger partial charge is 0.222 e. The molecule has 2 heterocycles. The number of nitrogen functional groups attached to an aromatic ring is 1. The first-order chi connectivity index (χ1) is 8.66. The van der Waals surface area contributed by atoms with Crippen LogP contribution in [0.4, 0.5) is 14.7 Å². The van der Waals surface area contributed by atoms with E-state index in [1.54, 1.807) is 0 Å². The van der Waals surface area contributed by atoms with Crippen LogP contribution in [0.5, 0.6) is 0 Å². The number of nitrogens with zero attached hydrogens (tertiary/aromatic N) is 3. The molecule has 2 aromatic heterocycles. The molecule has 90 valence electrons. The molecule has 0 spiro atoms. The second kappa shape index (κ2) is 3.73. The number of imidazole rings is 1. The minimum Gasteiger partial charge on any atom is -0.368 e. The zero-order valence-electron chi connectivity index (χ0n) is 8.98. The summed E-state index contributed by atoms with van der Waals surface area (Å²) in [4.78, 5) is 14.4. The number of aromatic nitrogens is 4. The first-order valence-electron chi connectivity index (χ1n) is 5.08. The van der Waals surface area contributed by atoms with Crippen molar-refractivity contribution in [1.29, 1.82) is 0 Å². The van der Waals surface area contributed by atoms with Crippen molar-refractivity contribution in [3.05, 3.63) is 36.2 Å². The van der Waals surface area contributed by atoms with Crippen LogP contribution in [0.15, 0.2) is 24.5 Å². The monoisotopic (exact) mass is 247 g/mol. The standard InChI is InChI=1S/C11H7F2N5/c12-5-2-1-3-6(13)7(5)8-9-10(16-4-15-9)18-11(14)17-8/h1-4H,(H3,14,15,16,17,18). The van der Waals surface area contributed by atoms with E-state index in [9.17, 15) is 8.78 Å². The van der Waals surface area contributed by atoms with Gasteiger partial charge in [0.25, 0.3) is 0 Å². The van der Waals surface area contributed by atoms with Crippen molar-refractivity contribution in [2.45, 2.75) is 0 Å². The molecule has 0 fully saturated rings. The van der Waals surface area contributed by atoms with Gasteiger partial charge in [0.1, 0.15) is 22.8 Å². The van der Waals surface area contributed by atoms with E-state index in [0.717, 1.165) is 12.1 Å². The highest BCUT2D eigenvalue weighted by atomic mass is 19.1. The fourth-order valence-corrected chi connectivity index (χ4v) is 1.75. The molecule has 0 aliphatic heterocycles. The van der Waals surface area contributed by atoms with Gasteiger partial charge in [0.05, 0.1) is 11.9 Å². The summed E-state index contributed by atoms with van der Waals surface area (Å²) in [6.07, 6.45) is 1.36. The summed E-state index contributed by atoms with van der Waals surface area (Å²) >= 11 is 0. The van der Waals surface area contributed by atoms with E-state index in [0.29, 0.717) is 5.52 Å². The second-order valence-electron chi connectivity index (χ2n) is 3.63. The van der Waals surface area contributed by atoms with Crippen LogP contribution in [0.3, 0.4) is 0 Å². The average molecular weight is 247 g/mol. The van der Waals surface area contributed by atoms with Gasteiger partial charge in [-0.15, -0.1) is 0 Å². The Morgan fingerprint density at radius 1 is 1.11 bits per heavy atom. The number of H-pyrrole nitrogens is 1. The Balaban J connectivity index is 2.41. The molecule has 0 aliphatic rings. The Labute approximate surface area is 99.7 Å². The van der Waals surface area contributed by atoms with E-state index in [4.69, 9.17) is 5.73 Å². The van der Waals surface area contributed by atoms with Crippen LogP contribution in [0.2, 0.25) is 0 Å². The predicted molar refractivity (Wildman–Crippen MR) is 61.4 cm³/mol. The summed E-state index contributed by atoms with van der Waals surface area (Å²) in [5.74, 6) is -1.53. The molecule has 0 radical (unpaired) electrons.